The van der Waals surface area contributed by atoms with Gasteiger partial charge in [0.2, 0.25) is 10.0 Å². The van der Waals surface area contributed by atoms with Crippen LogP contribution in [-0.4, -0.2) is 8.42 Å². The molecular formula is C16H18FNO2S. The lowest BCUT2D eigenvalue weighted by molar-refractivity contribution is 0.600. The summed E-state index contributed by atoms with van der Waals surface area (Å²) in [4.78, 5) is 0. The zero-order valence-corrected chi connectivity index (χ0v) is 12.8. The van der Waals surface area contributed by atoms with Gasteiger partial charge in [-0.15, -0.1) is 0 Å². The Balaban J connectivity index is 2.26. The molecule has 0 aliphatic rings. The highest BCUT2D eigenvalue weighted by atomic mass is 32.2. The second-order valence-electron chi connectivity index (χ2n) is 5.23. The van der Waals surface area contributed by atoms with Gasteiger partial charge in [0.05, 0.1) is 11.4 Å². The zero-order valence-electron chi connectivity index (χ0n) is 12.0. The molecule has 2 aromatic carbocycles. The van der Waals surface area contributed by atoms with Crippen LogP contribution in [0.15, 0.2) is 48.5 Å². The number of nitrogens with one attached hydrogen (secondary N) is 1. The van der Waals surface area contributed by atoms with Crippen molar-refractivity contribution in [3.05, 3.63) is 65.5 Å². The number of sulfonamides is 1. The Bertz CT molecular complexity index is 712. The Kier molecular flexibility index (Phi) is 4.63. The van der Waals surface area contributed by atoms with Gasteiger partial charge in [-0.3, -0.25) is 4.72 Å². The summed E-state index contributed by atoms with van der Waals surface area (Å²) in [7, 11) is -3.58. The van der Waals surface area contributed by atoms with Crippen molar-refractivity contribution < 1.29 is 12.8 Å². The van der Waals surface area contributed by atoms with Gasteiger partial charge in [0, 0.05) is 0 Å². The van der Waals surface area contributed by atoms with Crippen LogP contribution >= 0.6 is 0 Å². The van der Waals surface area contributed by atoms with Crippen LogP contribution < -0.4 is 4.72 Å². The van der Waals surface area contributed by atoms with E-state index in [0.29, 0.717) is 11.3 Å². The second kappa shape index (κ2) is 6.26. The fourth-order valence-corrected chi connectivity index (χ4v) is 3.33. The minimum atomic E-state index is -3.58. The average Bonchev–Trinajstić information content (AvgIpc) is 2.38. The van der Waals surface area contributed by atoms with E-state index in [2.05, 4.69) is 4.72 Å². The summed E-state index contributed by atoms with van der Waals surface area (Å²) >= 11 is 0. The van der Waals surface area contributed by atoms with E-state index in [-0.39, 0.29) is 11.7 Å². The maximum absolute atomic E-state index is 13.4. The van der Waals surface area contributed by atoms with E-state index < -0.39 is 15.8 Å². The maximum atomic E-state index is 13.4. The molecule has 0 aliphatic heterocycles. The molecule has 0 amide bonds. The first-order chi connectivity index (χ1) is 9.87. The summed E-state index contributed by atoms with van der Waals surface area (Å²) < 4.78 is 40.3. The summed E-state index contributed by atoms with van der Waals surface area (Å²) in [5.74, 6) is -0.501. The molecule has 5 heteroatoms. The topological polar surface area (TPSA) is 46.2 Å². The summed E-state index contributed by atoms with van der Waals surface area (Å²) in [6.07, 6.45) is 0. The molecule has 1 N–H and O–H groups in total. The van der Waals surface area contributed by atoms with E-state index in [1.807, 2.05) is 19.9 Å². The molecule has 0 aliphatic carbocycles. The molecule has 21 heavy (non-hydrogen) atoms. The van der Waals surface area contributed by atoms with Crippen LogP contribution in [0.3, 0.4) is 0 Å². The van der Waals surface area contributed by atoms with Gasteiger partial charge in [0.25, 0.3) is 0 Å². The van der Waals surface area contributed by atoms with Crippen molar-refractivity contribution in [3.8, 4) is 0 Å². The van der Waals surface area contributed by atoms with E-state index in [0.717, 1.165) is 5.56 Å². The predicted molar refractivity (Wildman–Crippen MR) is 83.2 cm³/mol. The third-order valence-corrected chi connectivity index (χ3v) is 4.35. The molecule has 0 saturated heterocycles. The molecule has 2 rings (SSSR count). The molecule has 0 bridgehead atoms. The van der Waals surface area contributed by atoms with Gasteiger partial charge in [-0.1, -0.05) is 50.2 Å². The third-order valence-electron chi connectivity index (χ3n) is 3.10. The fraction of sp³-hybridized carbons (Fsp3) is 0.250. The Morgan fingerprint density at radius 3 is 2.38 bits per heavy atom. The first-order valence-electron chi connectivity index (χ1n) is 6.71. The van der Waals surface area contributed by atoms with Crippen molar-refractivity contribution >= 4 is 15.7 Å². The van der Waals surface area contributed by atoms with E-state index in [4.69, 9.17) is 0 Å². The summed E-state index contributed by atoms with van der Waals surface area (Å²) in [5.41, 5.74) is 1.77. The number of benzene rings is 2. The first-order valence-corrected chi connectivity index (χ1v) is 8.36. The minimum absolute atomic E-state index is 0.0972. The smallest absolute Gasteiger partial charge is 0.236 e. The van der Waals surface area contributed by atoms with Gasteiger partial charge in [-0.05, 0) is 29.2 Å². The normalized spacial score (nSPS) is 11.6. The minimum Gasteiger partial charge on any atom is -0.283 e. The van der Waals surface area contributed by atoms with Gasteiger partial charge in [-0.2, -0.15) is 0 Å². The van der Waals surface area contributed by atoms with Crippen molar-refractivity contribution in [2.24, 2.45) is 0 Å². The van der Waals surface area contributed by atoms with E-state index in [9.17, 15) is 12.8 Å². The quantitative estimate of drug-likeness (QED) is 0.911. The van der Waals surface area contributed by atoms with Gasteiger partial charge in [0.15, 0.2) is 0 Å². The van der Waals surface area contributed by atoms with E-state index >= 15 is 0 Å². The lowest BCUT2D eigenvalue weighted by Gasteiger charge is -2.15. The number of hydrogen-bond donors (Lipinski definition) is 1. The molecule has 0 radical (unpaired) electrons. The van der Waals surface area contributed by atoms with Crippen LogP contribution in [0.2, 0.25) is 0 Å². The molecule has 2 aromatic rings. The standard InChI is InChI=1S/C16H18FNO2S/c1-12(2)15-9-8-14(17)10-16(15)18-21(19,20)11-13-6-4-3-5-7-13/h3-10,12,18H,11H2,1-2H3. The Labute approximate surface area is 124 Å². The molecule has 0 unspecified atom stereocenters. The summed E-state index contributed by atoms with van der Waals surface area (Å²) in [6.45, 7) is 3.87. The van der Waals surface area contributed by atoms with Crippen LogP contribution in [0.4, 0.5) is 10.1 Å². The van der Waals surface area contributed by atoms with Crippen LogP contribution in [0, 0.1) is 5.82 Å². The van der Waals surface area contributed by atoms with Gasteiger partial charge in [0.1, 0.15) is 5.82 Å². The lowest BCUT2D eigenvalue weighted by Crippen LogP contribution is -2.16. The second-order valence-corrected chi connectivity index (χ2v) is 6.96. The van der Waals surface area contributed by atoms with E-state index in [1.54, 1.807) is 30.3 Å². The Morgan fingerprint density at radius 2 is 1.76 bits per heavy atom. The monoisotopic (exact) mass is 307 g/mol. The first kappa shape index (κ1) is 15.5. The van der Waals surface area contributed by atoms with Crippen molar-refractivity contribution in [2.45, 2.75) is 25.5 Å². The highest BCUT2D eigenvalue weighted by Gasteiger charge is 2.16. The van der Waals surface area contributed by atoms with Crippen molar-refractivity contribution in [1.29, 1.82) is 0 Å². The molecule has 112 valence electrons. The average molecular weight is 307 g/mol. The van der Waals surface area contributed by atoms with Crippen LogP contribution in [0.1, 0.15) is 30.9 Å². The fourth-order valence-electron chi connectivity index (χ4n) is 2.12. The molecule has 0 heterocycles. The van der Waals surface area contributed by atoms with Crippen LogP contribution in [-0.2, 0) is 15.8 Å². The Morgan fingerprint density at radius 1 is 1.10 bits per heavy atom. The highest BCUT2D eigenvalue weighted by molar-refractivity contribution is 7.91. The summed E-state index contributed by atoms with van der Waals surface area (Å²) in [6, 6.07) is 13.1. The van der Waals surface area contributed by atoms with Gasteiger partial charge < -0.3 is 0 Å². The van der Waals surface area contributed by atoms with Gasteiger partial charge in [-0.25, -0.2) is 12.8 Å². The molecule has 0 saturated carbocycles. The van der Waals surface area contributed by atoms with Crippen LogP contribution in [0.25, 0.3) is 0 Å². The SMILES string of the molecule is CC(C)c1ccc(F)cc1NS(=O)(=O)Cc1ccccc1. The molecular weight excluding hydrogens is 289 g/mol. The maximum Gasteiger partial charge on any atom is 0.236 e. The third kappa shape index (κ3) is 4.29. The molecule has 3 nitrogen and oxygen atoms in total. The van der Waals surface area contributed by atoms with E-state index in [1.165, 1.54) is 12.1 Å². The lowest BCUT2D eigenvalue weighted by atomic mass is 10.0. The molecule has 0 atom stereocenters. The zero-order chi connectivity index (χ0) is 15.5. The van der Waals surface area contributed by atoms with Crippen LogP contribution in [0.5, 0.6) is 0 Å². The molecule has 0 aromatic heterocycles. The Hall–Kier alpha value is -1.88. The molecule has 0 spiro atoms. The number of halogens is 1. The van der Waals surface area contributed by atoms with Crippen molar-refractivity contribution in [2.75, 3.05) is 4.72 Å². The number of anilines is 1. The van der Waals surface area contributed by atoms with Crippen molar-refractivity contribution in [3.63, 3.8) is 0 Å². The summed E-state index contributed by atoms with van der Waals surface area (Å²) in [5, 5.41) is 0. The number of rotatable bonds is 5. The number of hydrogen-bond acceptors (Lipinski definition) is 2. The molecule has 0 fully saturated rings. The van der Waals surface area contributed by atoms with Crippen molar-refractivity contribution in [1.82, 2.24) is 0 Å². The highest BCUT2D eigenvalue weighted by Crippen LogP contribution is 2.26. The van der Waals surface area contributed by atoms with Gasteiger partial charge >= 0.3 is 0 Å². The predicted octanol–water partition coefficient (Wildman–Crippen LogP) is 3.89. The largest absolute Gasteiger partial charge is 0.283 e.